The van der Waals surface area contributed by atoms with Gasteiger partial charge in [0, 0.05) is 10.5 Å². The smallest absolute Gasteiger partial charge is 0.0317 e. The number of aryl methyl sites for hydroxylation is 1. The molecule has 1 N–H and O–H groups in total. The molecule has 0 aliphatic carbocycles. The third kappa shape index (κ3) is 3.62. The second-order valence-corrected chi connectivity index (χ2v) is 4.85. The van der Waals surface area contributed by atoms with Crippen LogP contribution in [-0.2, 0) is 0 Å². The van der Waals surface area contributed by atoms with E-state index in [9.17, 15) is 0 Å². The second kappa shape index (κ2) is 6.29. The van der Waals surface area contributed by atoms with Crippen molar-refractivity contribution in [1.82, 2.24) is 5.32 Å². The molecule has 1 unspecified atom stereocenters. The van der Waals surface area contributed by atoms with Crippen LogP contribution in [0.5, 0.6) is 0 Å². The monoisotopic (exact) mass is 269 g/mol. The molecule has 84 valence electrons. The van der Waals surface area contributed by atoms with Gasteiger partial charge in [0.2, 0.25) is 0 Å². The summed E-state index contributed by atoms with van der Waals surface area (Å²) in [5, 5.41) is 3.38. The van der Waals surface area contributed by atoms with Crippen LogP contribution in [0, 0.1) is 6.92 Å². The minimum absolute atomic E-state index is 0.497. The van der Waals surface area contributed by atoms with E-state index in [1.807, 2.05) is 7.05 Å². The summed E-state index contributed by atoms with van der Waals surface area (Å²) in [6.07, 6.45) is 3.75. The maximum atomic E-state index is 3.53. The van der Waals surface area contributed by atoms with Gasteiger partial charge >= 0.3 is 0 Å². The van der Waals surface area contributed by atoms with Gasteiger partial charge < -0.3 is 5.32 Å². The highest BCUT2D eigenvalue weighted by atomic mass is 79.9. The van der Waals surface area contributed by atoms with E-state index in [4.69, 9.17) is 0 Å². The first kappa shape index (κ1) is 12.7. The highest BCUT2D eigenvalue weighted by Gasteiger charge is 2.08. The van der Waals surface area contributed by atoms with Gasteiger partial charge in [-0.2, -0.15) is 0 Å². The van der Waals surface area contributed by atoms with Crippen LogP contribution in [0.25, 0.3) is 0 Å². The first-order chi connectivity index (χ1) is 7.19. The van der Waals surface area contributed by atoms with Crippen LogP contribution in [0.1, 0.15) is 43.4 Å². The van der Waals surface area contributed by atoms with Crippen LogP contribution in [0.3, 0.4) is 0 Å². The zero-order chi connectivity index (χ0) is 11.3. The van der Waals surface area contributed by atoms with E-state index in [2.05, 4.69) is 53.3 Å². The van der Waals surface area contributed by atoms with Crippen molar-refractivity contribution in [2.24, 2.45) is 0 Å². The molecule has 1 nitrogen and oxygen atoms in total. The van der Waals surface area contributed by atoms with Gasteiger partial charge in [-0.1, -0.05) is 47.8 Å². The summed E-state index contributed by atoms with van der Waals surface area (Å²) in [6.45, 7) is 4.37. The van der Waals surface area contributed by atoms with Gasteiger partial charge in [0.1, 0.15) is 0 Å². The van der Waals surface area contributed by atoms with Gasteiger partial charge in [0.05, 0.1) is 0 Å². The van der Waals surface area contributed by atoms with Crippen molar-refractivity contribution < 1.29 is 0 Å². The summed E-state index contributed by atoms with van der Waals surface area (Å²) < 4.78 is 1.19. The summed E-state index contributed by atoms with van der Waals surface area (Å²) in [5.41, 5.74) is 2.70. The van der Waals surface area contributed by atoms with Gasteiger partial charge in [-0.05, 0) is 37.6 Å². The third-order valence-corrected chi connectivity index (χ3v) is 3.67. The molecule has 0 aliphatic rings. The van der Waals surface area contributed by atoms with Gasteiger partial charge in [0.15, 0.2) is 0 Å². The average molecular weight is 270 g/mol. The molecule has 0 radical (unpaired) electrons. The second-order valence-electron chi connectivity index (χ2n) is 3.99. The van der Waals surface area contributed by atoms with E-state index in [1.165, 1.54) is 34.9 Å². The van der Waals surface area contributed by atoms with Crippen LogP contribution in [0.4, 0.5) is 0 Å². The standard InChI is InChI=1S/C13H20BrN/c1-4-5-6-13(15-3)11-7-8-12(14)10(2)9-11/h7-9,13,15H,4-6H2,1-3H3. The summed E-state index contributed by atoms with van der Waals surface area (Å²) in [4.78, 5) is 0. The predicted molar refractivity (Wildman–Crippen MR) is 70.2 cm³/mol. The predicted octanol–water partition coefficient (Wildman–Crippen LogP) is 4.21. The average Bonchev–Trinajstić information content (AvgIpc) is 2.24. The molecule has 1 aromatic carbocycles. The summed E-state index contributed by atoms with van der Waals surface area (Å²) in [7, 11) is 2.04. The van der Waals surface area contributed by atoms with Crippen molar-refractivity contribution in [2.45, 2.75) is 39.2 Å². The van der Waals surface area contributed by atoms with E-state index in [-0.39, 0.29) is 0 Å². The Kier molecular flexibility index (Phi) is 5.34. The van der Waals surface area contributed by atoms with Gasteiger partial charge in [-0.15, -0.1) is 0 Å². The Morgan fingerprint density at radius 1 is 1.40 bits per heavy atom. The first-order valence-electron chi connectivity index (χ1n) is 5.62. The van der Waals surface area contributed by atoms with Crippen LogP contribution in [-0.4, -0.2) is 7.05 Å². The van der Waals surface area contributed by atoms with Crippen LogP contribution >= 0.6 is 15.9 Å². The quantitative estimate of drug-likeness (QED) is 0.845. The normalized spacial score (nSPS) is 12.8. The minimum Gasteiger partial charge on any atom is -0.313 e. The molecule has 0 aliphatic heterocycles. The Morgan fingerprint density at radius 3 is 2.67 bits per heavy atom. The topological polar surface area (TPSA) is 12.0 Å². The lowest BCUT2D eigenvalue weighted by molar-refractivity contribution is 0.522. The van der Waals surface area contributed by atoms with Crippen molar-refractivity contribution in [3.05, 3.63) is 33.8 Å². The van der Waals surface area contributed by atoms with Gasteiger partial charge in [-0.25, -0.2) is 0 Å². The summed E-state index contributed by atoms with van der Waals surface area (Å²) >= 11 is 3.53. The van der Waals surface area contributed by atoms with Gasteiger partial charge in [0.25, 0.3) is 0 Å². The lowest BCUT2D eigenvalue weighted by Gasteiger charge is -2.17. The van der Waals surface area contributed by atoms with Crippen LogP contribution < -0.4 is 5.32 Å². The van der Waals surface area contributed by atoms with Crippen molar-refractivity contribution in [2.75, 3.05) is 7.05 Å². The number of hydrogen-bond donors (Lipinski definition) is 1. The fourth-order valence-corrected chi connectivity index (χ4v) is 2.02. The number of benzene rings is 1. The Hall–Kier alpha value is -0.340. The molecule has 1 aromatic rings. The van der Waals surface area contributed by atoms with E-state index >= 15 is 0 Å². The molecule has 0 saturated carbocycles. The molecule has 0 bridgehead atoms. The number of nitrogens with one attached hydrogen (secondary N) is 1. The van der Waals surface area contributed by atoms with Crippen molar-refractivity contribution in [3.63, 3.8) is 0 Å². The molecule has 1 rings (SSSR count). The largest absolute Gasteiger partial charge is 0.313 e. The molecule has 0 heterocycles. The third-order valence-electron chi connectivity index (χ3n) is 2.78. The molecule has 15 heavy (non-hydrogen) atoms. The molecule has 0 spiro atoms. The van der Waals surface area contributed by atoms with E-state index in [0.717, 1.165) is 0 Å². The Bertz CT molecular complexity index is 309. The summed E-state index contributed by atoms with van der Waals surface area (Å²) in [6, 6.07) is 7.10. The Balaban J connectivity index is 2.78. The molecule has 2 heteroatoms. The fraction of sp³-hybridized carbons (Fsp3) is 0.538. The molecule has 0 saturated heterocycles. The fourth-order valence-electron chi connectivity index (χ4n) is 1.77. The SMILES string of the molecule is CCCCC(NC)c1ccc(Br)c(C)c1. The number of rotatable bonds is 5. The lowest BCUT2D eigenvalue weighted by atomic mass is 10.00. The highest BCUT2D eigenvalue weighted by Crippen LogP contribution is 2.24. The van der Waals surface area contributed by atoms with E-state index in [1.54, 1.807) is 0 Å². The highest BCUT2D eigenvalue weighted by molar-refractivity contribution is 9.10. The lowest BCUT2D eigenvalue weighted by Crippen LogP contribution is -2.16. The molecule has 0 fully saturated rings. The zero-order valence-corrected chi connectivity index (χ0v) is 11.4. The van der Waals surface area contributed by atoms with Gasteiger partial charge in [-0.3, -0.25) is 0 Å². The van der Waals surface area contributed by atoms with Crippen LogP contribution in [0.2, 0.25) is 0 Å². The van der Waals surface area contributed by atoms with Crippen molar-refractivity contribution >= 4 is 15.9 Å². The molecule has 1 atom stereocenters. The maximum Gasteiger partial charge on any atom is 0.0317 e. The van der Waals surface area contributed by atoms with Crippen LogP contribution in [0.15, 0.2) is 22.7 Å². The number of unbranched alkanes of at least 4 members (excludes halogenated alkanes) is 1. The van der Waals surface area contributed by atoms with Crippen molar-refractivity contribution in [3.8, 4) is 0 Å². The molecule has 0 amide bonds. The Labute approximate surface area is 101 Å². The molecular weight excluding hydrogens is 250 g/mol. The Morgan fingerprint density at radius 2 is 2.13 bits per heavy atom. The maximum absolute atomic E-state index is 3.53. The first-order valence-corrected chi connectivity index (χ1v) is 6.41. The minimum atomic E-state index is 0.497. The number of halogens is 1. The zero-order valence-electron chi connectivity index (χ0n) is 9.81. The summed E-state index contributed by atoms with van der Waals surface area (Å²) in [5.74, 6) is 0. The van der Waals surface area contributed by atoms with Crippen molar-refractivity contribution in [1.29, 1.82) is 0 Å². The van der Waals surface area contributed by atoms with E-state index in [0.29, 0.717) is 6.04 Å². The molecular formula is C13H20BrN. The molecule has 0 aromatic heterocycles. The number of hydrogen-bond acceptors (Lipinski definition) is 1. The van der Waals surface area contributed by atoms with E-state index < -0.39 is 0 Å².